The molecule has 3 heteroatoms. The summed E-state index contributed by atoms with van der Waals surface area (Å²) in [7, 11) is 2.10. The average molecular weight is 192 g/mol. The second-order valence-corrected chi connectivity index (χ2v) is 3.72. The molecule has 14 heavy (non-hydrogen) atoms. The smallest absolute Gasteiger partial charge is 0.0670 e. The minimum atomic E-state index is 0.513. The van der Waals surface area contributed by atoms with Crippen LogP contribution in [0.2, 0.25) is 0 Å². The minimum absolute atomic E-state index is 0.513. The van der Waals surface area contributed by atoms with E-state index in [0.29, 0.717) is 6.04 Å². The van der Waals surface area contributed by atoms with Gasteiger partial charge in [0.15, 0.2) is 0 Å². The molecule has 1 fully saturated rings. The third-order valence-electron chi connectivity index (χ3n) is 2.75. The van der Waals surface area contributed by atoms with E-state index in [2.05, 4.69) is 11.9 Å². The molecule has 1 aromatic rings. The predicted molar refractivity (Wildman–Crippen MR) is 58.5 cm³/mol. The van der Waals surface area contributed by atoms with Gasteiger partial charge >= 0.3 is 0 Å². The summed E-state index contributed by atoms with van der Waals surface area (Å²) in [5, 5.41) is 0. The van der Waals surface area contributed by atoms with Crippen LogP contribution >= 0.6 is 0 Å². The zero-order valence-electron chi connectivity index (χ0n) is 8.44. The molecule has 0 amide bonds. The van der Waals surface area contributed by atoms with Crippen molar-refractivity contribution >= 4 is 11.4 Å². The van der Waals surface area contributed by atoms with Gasteiger partial charge in [-0.05, 0) is 30.7 Å². The zero-order chi connectivity index (χ0) is 9.97. The Morgan fingerprint density at radius 1 is 1.36 bits per heavy atom. The topological polar surface area (TPSA) is 38.5 Å². The molecule has 2 N–H and O–H groups in total. The van der Waals surface area contributed by atoms with Gasteiger partial charge in [0.2, 0.25) is 0 Å². The van der Waals surface area contributed by atoms with Crippen LogP contribution in [0.25, 0.3) is 0 Å². The normalized spacial score (nSPS) is 21.1. The van der Waals surface area contributed by atoms with Gasteiger partial charge in [0, 0.05) is 25.0 Å². The zero-order valence-corrected chi connectivity index (χ0v) is 8.44. The van der Waals surface area contributed by atoms with Gasteiger partial charge in [0.25, 0.3) is 0 Å². The molecule has 0 radical (unpaired) electrons. The van der Waals surface area contributed by atoms with Gasteiger partial charge < -0.3 is 15.4 Å². The van der Waals surface area contributed by atoms with Crippen molar-refractivity contribution in [2.75, 3.05) is 30.9 Å². The molecule has 0 spiro atoms. The lowest BCUT2D eigenvalue weighted by Gasteiger charge is -2.25. The van der Waals surface area contributed by atoms with Gasteiger partial charge in [0.1, 0.15) is 0 Å². The summed E-state index contributed by atoms with van der Waals surface area (Å²) >= 11 is 0. The second kappa shape index (κ2) is 3.88. The molecular weight excluding hydrogens is 176 g/mol. The summed E-state index contributed by atoms with van der Waals surface area (Å²) in [5.74, 6) is 0. The molecular formula is C11H16N2O. The van der Waals surface area contributed by atoms with Crippen LogP contribution in [0.1, 0.15) is 6.42 Å². The van der Waals surface area contributed by atoms with Crippen LogP contribution in [0.15, 0.2) is 24.3 Å². The highest BCUT2D eigenvalue weighted by atomic mass is 16.5. The standard InChI is InChI=1S/C11H16N2O/c1-13(11-6-7-14-8-11)10-4-2-9(12)3-5-10/h2-5,11H,6-8,12H2,1H3. The Hall–Kier alpha value is -1.22. The minimum Gasteiger partial charge on any atom is -0.399 e. The van der Waals surface area contributed by atoms with Gasteiger partial charge in [-0.15, -0.1) is 0 Å². The van der Waals surface area contributed by atoms with Crippen molar-refractivity contribution in [1.29, 1.82) is 0 Å². The monoisotopic (exact) mass is 192 g/mol. The molecule has 1 saturated heterocycles. The summed E-state index contributed by atoms with van der Waals surface area (Å²) in [6, 6.07) is 8.48. The lowest BCUT2D eigenvalue weighted by atomic mass is 10.2. The van der Waals surface area contributed by atoms with E-state index in [1.165, 1.54) is 5.69 Å². The van der Waals surface area contributed by atoms with Gasteiger partial charge in [-0.2, -0.15) is 0 Å². The van der Waals surface area contributed by atoms with Crippen LogP contribution in [-0.4, -0.2) is 26.3 Å². The summed E-state index contributed by atoms with van der Waals surface area (Å²) in [6.07, 6.45) is 1.11. The Morgan fingerprint density at radius 3 is 2.64 bits per heavy atom. The van der Waals surface area contributed by atoms with Gasteiger partial charge in [-0.3, -0.25) is 0 Å². The number of likely N-dealkylation sites (N-methyl/N-ethyl adjacent to an activating group) is 1. The van der Waals surface area contributed by atoms with Crippen LogP contribution < -0.4 is 10.6 Å². The molecule has 0 aromatic heterocycles. The summed E-state index contributed by atoms with van der Waals surface area (Å²) in [4.78, 5) is 2.26. The first-order chi connectivity index (χ1) is 6.77. The average Bonchev–Trinajstić information content (AvgIpc) is 2.71. The Morgan fingerprint density at radius 2 is 2.07 bits per heavy atom. The quantitative estimate of drug-likeness (QED) is 0.721. The number of nitrogens with zero attached hydrogens (tertiary/aromatic N) is 1. The molecule has 1 aromatic carbocycles. The molecule has 1 unspecified atom stereocenters. The van der Waals surface area contributed by atoms with Crippen molar-refractivity contribution in [3.63, 3.8) is 0 Å². The number of nitrogens with two attached hydrogens (primary N) is 1. The van der Waals surface area contributed by atoms with Crippen molar-refractivity contribution < 1.29 is 4.74 Å². The first kappa shape index (κ1) is 9.34. The van der Waals surface area contributed by atoms with E-state index in [1.807, 2.05) is 24.3 Å². The van der Waals surface area contributed by atoms with E-state index < -0.39 is 0 Å². The lowest BCUT2D eigenvalue weighted by molar-refractivity contribution is 0.193. The van der Waals surface area contributed by atoms with Gasteiger partial charge in [-0.1, -0.05) is 0 Å². The highest BCUT2D eigenvalue weighted by Gasteiger charge is 2.20. The van der Waals surface area contributed by atoms with Crippen LogP contribution in [0.4, 0.5) is 11.4 Å². The maximum absolute atomic E-state index is 5.64. The maximum Gasteiger partial charge on any atom is 0.0670 e. The first-order valence-electron chi connectivity index (χ1n) is 4.93. The van der Waals surface area contributed by atoms with Crippen molar-refractivity contribution in [3.05, 3.63) is 24.3 Å². The van der Waals surface area contributed by atoms with E-state index in [-0.39, 0.29) is 0 Å². The van der Waals surface area contributed by atoms with E-state index in [0.717, 1.165) is 25.3 Å². The number of ether oxygens (including phenoxy) is 1. The molecule has 2 rings (SSSR count). The van der Waals surface area contributed by atoms with Crippen LogP contribution in [0, 0.1) is 0 Å². The molecule has 0 saturated carbocycles. The van der Waals surface area contributed by atoms with Gasteiger partial charge in [-0.25, -0.2) is 0 Å². The number of rotatable bonds is 2. The molecule has 1 aliphatic rings. The van der Waals surface area contributed by atoms with E-state index in [4.69, 9.17) is 10.5 Å². The number of nitrogen functional groups attached to an aromatic ring is 1. The van der Waals surface area contributed by atoms with E-state index in [9.17, 15) is 0 Å². The number of hydrogen-bond acceptors (Lipinski definition) is 3. The predicted octanol–water partition coefficient (Wildman–Crippen LogP) is 1.49. The van der Waals surface area contributed by atoms with E-state index in [1.54, 1.807) is 0 Å². The highest BCUT2D eigenvalue weighted by Crippen LogP contribution is 2.20. The molecule has 1 aliphatic heterocycles. The van der Waals surface area contributed by atoms with Crippen molar-refractivity contribution in [2.45, 2.75) is 12.5 Å². The SMILES string of the molecule is CN(c1ccc(N)cc1)C1CCOC1. The first-order valence-corrected chi connectivity index (χ1v) is 4.93. The second-order valence-electron chi connectivity index (χ2n) is 3.72. The Labute approximate surface area is 84.5 Å². The Balaban J connectivity index is 2.09. The molecule has 0 bridgehead atoms. The maximum atomic E-state index is 5.64. The van der Waals surface area contributed by atoms with Crippen molar-refractivity contribution in [2.24, 2.45) is 0 Å². The molecule has 0 aliphatic carbocycles. The fourth-order valence-corrected chi connectivity index (χ4v) is 1.75. The number of benzene rings is 1. The summed E-state index contributed by atoms with van der Waals surface area (Å²) in [6.45, 7) is 1.71. The fourth-order valence-electron chi connectivity index (χ4n) is 1.75. The summed E-state index contributed by atoms with van der Waals surface area (Å²) < 4.78 is 5.36. The highest BCUT2D eigenvalue weighted by molar-refractivity contribution is 5.53. The van der Waals surface area contributed by atoms with Gasteiger partial charge in [0.05, 0.1) is 12.6 Å². The number of anilines is 2. The van der Waals surface area contributed by atoms with E-state index >= 15 is 0 Å². The van der Waals surface area contributed by atoms with Crippen molar-refractivity contribution in [1.82, 2.24) is 0 Å². The van der Waals surface area contributed by atoms with Crippen LogP contribution in [0.3, 0.4) is 0 Å². The Kier molecular flexibility index (Phi) is 2.59. The Bertz CT molecular complexity index is 291. The van der Waals surface area contributed by atoms with Crippen LogP contribution in [-0.2, 0) is 4.74 Å². The fraction of sp³-hybridized carbons (Fsp3) is 0.455. The molecule has 3 nitrogen and oxygen atoms in total. The number of hydrogen-bond donors (Lipinski definition) is 1. The third-order valence-corrected chi connectivity index (χ3v) is 2.75. The largest absolute Gasteiger partial charge is 0.399 e. The third kappa shape index (κ3) is 1.82. The molecule has 76 valence electrons. The van der Waals surface area contributed by atoms with Crippen molar-refractivity contribution in [3.8, 4) is 0 Å². The summed E-state index contributed by atoms with van der Waals surface area (Å²) in [5.41, 5.74) is 7.65. The van der Waals surface area contributed by atoms with Crippen LogP contribution in [0.5, 0.6) is 0 Å². The molecule has 1 atom stereocenters. The lowest BCUT2D eigenvalue weighted by Crippen LogP contribution is -2.31. The molecule has 1 heterocycles.